The van der Waals surface area contributed by atoms with Crippen molar-refractivity contribution in [1.82, 2.24) is 15.0 Å². The van der Waals surface area contributed by atoms with E-state index in [0.717, 1.165) is 0 Å². The quantitative estimate of drug-likeness (QED) is 0.648. The molecule has 1 aliphatic heterocycles. The van der Waals surface area contributed by atoms with Gasteiger partial charge in [-0.3, -0.25) is 4.79 Å². The summed E-state index contributed by atoms with van der Waals surface area (Å²) in [6.07, 6.45) is 2.02. The molecule has 82 valence electrons. The molecule has 0 saturated carbocycles. The van der Waals surface area contributed by atoms with Crippen LogP contribution in [0.5, 0.6) is 0 Å². The first-order valence-corrected chi connectivity index (χ1v) is 4.72. The molecule has 2 rings (SSSR count). The van der Waals surface area contributed by atoms with Crippen LogP contribution in [0.4, 0.5) is 0 Å². The van der Waals surface area contributed by atoms with Crippen LogP contribution < -0.4 is 0 Å². The zero-order chi connectivity index (χ0) is 10.9. The largest absolute Gasteiger partial charge is 0.378 e. The fourth-order valence-corrected chi connectivity index (χ4v) is 1.71. The lowest BCUT2D eigenvalue weighted by atomic mass is 9.95. The molecule has 1 unspecified atom stereocenters. The molecule has 6 nitrogen and oxygen atoms in total. The Morgan fingerprint density at radius 1 is 1.73 bits per heavy atom. The number of hydrogen-bond acceptors (Lipinski definition) is 5. The highest BCUT2D eigenvalue weighted by Gasteiger charge is 2.44. The van der Waals surface area contributed by atoms with E-state index in [1.165, 1.54) is 18.0 Å². The highest BCUT2D eigenvalue weighted by atomic mass is 16.6. The van der Waals surface area contributed by atoms with Gasteiger partial charge in [0.1, 0.15) is 5.69 Å². The number of carbonyl (C=O) groups is 1. The Hall–Kier alpha value is -1.27. The highest BCUT2D eigenvalue weighted by Crippen LogP contribution is 2.26. The van der Waals surface area contributed by atoms with Crippen LogP contribution >= 0.6 is 0 Å². The second-order valence-electron chi connectivity index (χ2n) is 3.57. The number of ether oxygens (including phenoxy) is 2. The lowest BCUT2D eigenvalue weighted by Gasteiger charge is -2.23. The highest BCUT2D eigenvalue weighted by molar-refractivity contribution is 6.01. The predicted octanol–water partition coefficient (Wildman–Crippen LogP) is -0.197. The van der Waals surface area contributed by atoms with Gasteiger partial charge in [0, 0.05) is 20.6 Å². The van der Waals surface area contributed by atoms with E-state index in [4.69, 9.17) is 9.47 Å². The van der Waals surface area contributed by atoms with Gasteiger partial charge in [-0.25, -0.2) is 4.68 Å². The Morgan fingerprint density at radius 3 is 3.00 bits per heavy atom. The summed E-state index contributed by atoms with van der Waals surface area (Å²) in [6, 6.07) is 0. The van der Waals surface area contributed by atoms with E-state index in [9.17, 15) is 4.79 Å². The summed E-state index contributed by atoms with van der Waals surface area (Å²) in [5.74, 6) is -0.116. The molecule has 1 atom stereocenters. The van der Waals surface area contributed by atoms with Crippen molar-refractivity contribution < 1.29 is 14.3 Å². The van der Waals surface area contributed by atoms with Crippen LogP contribution in [-0.2, 0) is 16.5 Å². The van der Waals surface area contributed by atoms with Crippen molar-refractivity contribution in [3.8, 4) is 0 Å². The Bertz CT molecular complexity index is 368. The first-order chi connectivity index (χ1) is 7.19. The van der Waals surface area contributed by atoms with Crippen molar-refractivity contribution >= 4 is 5.78 Å². The average molecular weight is 211 g/mol. The van der Waals surface area contributed by atoms with Crippen molar-refractivity contribution in [2.24, 2.45) is 7.05 Å². The monoisotopic (exact) mass is 211 g/mol. The van der Waals surface area contributed by atoms with Gasteiger partial charge in [0.25, 0.3) is 0 Å². The minimum absolute atomic E-state index is 0.116. The molecule has 1 aromatic heterocycles. The lowest BCUT2D eigenvalue weighted by Crippen LogP contribution is -2.42. The number of carbonyl (C=O) groups excluding carboxylic acids is 1. The van der Waals surface area contributed by atoms with Crippen molar-refractivity contribution in [3.05, 3.63) is 11.9 Å². The van der Waals surface area contributed by atoms with E-state index >= 15 is 0 Å². The Morgan fingerprint density at radius 2 is 2.53 bits per heavy atom. The molecule has 0 aromatic carbocycles. The van der Waals surface area contributed by atoms with E-state index in [1.807, 2.05) is 0 Å². The third-order valence-electron chi connectivity index (χ3n) is 2.74. The molecule has 1 fully saturated rings. The molecule has 0 amide bonds. The van der Waals surface area contributed by atoms with E-state index in [-0.39, 0.29) is 5.78 Å². The van der Waals surface area contributed by atoms with Gasteiger partial charge < -0.3 is 9.47 Å². The summed E-state index contributed by atoms with van der Waals surface area (Å²) in [6.45, 7) is 0.846. The topological polar surface area (TPSA) is 66.2 Å². The second kappa shape index (κ2) is 3.71. The molecule has 1 aromatic rings. The van der Waals surface area contributed by atoms with Crippen LogP contribution in [0.1, 0.15) is 16.9 Å². The molecule has 1 aliphatic rings. The van der Waals surface area contributed by atoms with Gasteiger partial charge in [-0.05, 0) is 0 Å². The van der Waals surface area contributed by atoms with Crippen LogP contribution in [0.2, 0.25) is 0 Å². The number of methoxy groups -OCH3 is 1. The maximum atomic E-state index is 12.2. The van der Waals surface area contributed by atoms with Gasteiger partial charge in [-0.15, -0.1) is 5.10 Å². The van der Waals surface area contributed by atoms with E-state index in [1.54, 1.807) is 7.05 Å². The summed E-state index contributed by atoms with van der Waals surface area (Å²) in [7, 11) is 3.20. The maximum absolute atomic E-state index is 12.2. The van der Waals surface area contributed by atoms with E-state index < -0.39 is 5.60 Å². The third kappa shape index (κ3) is 1.55. The smallest absolute Gasteiger partial charge is 0.216 e. The molecule has 6 heteroatoms. The number of Topliss-reactive ketones (excluding diaryl/α,β-unsaturated/α-hetero) is 1. The van der Waals surface area contributed by atoms with Crippen molar-refractivity contribution in [3.63, 3.8) is 0 Å². The zero-order valence-electron chi connectivity index (χ0n) is 8.77. The SMILES string of the molecule is COC1(C(=O)c2cnnn2C)CCOC1. The normalized spacial score (nSPS) is 25.7. The minimum atomic E-state index is -0.852. The fourth-order valence-electron chi connectivity index (χ4n) is 1.71. The van der Waals surface area contributed by atoms with Gasteiger partial charge in [-0.2, -0.15) is 0 Å². The van der Waals surface area contributed by atoms with Crippen LogP contribution in [0, 0.1) is 0 Å². The number of rotatable bonds is 3. The van der Waals surface area contributed by atoms with Gasteiger partial charge in [0.2, 0.25) is 5.78 Å². The molecular weight excluding hydrogens is 198 g/mol. The first kappa shape index (κ1) is 10.3. The number of aryl methyl sites for hydroxylation is 1. The molecule has 0 aliphatic carbocycles. The molecular formula is C9H13N3O3. The van der Waals surface area contributed by atoms with Crippen LogP contribution in [0.3, 0.4) is 0 Å². The maximum Gasteiger partial charge on any atom is 0.216 e. The lowest BCUT2D eigenvalue weighted by molar-refractivity contribution is -0.00408. The summed E-state index contributed by atoms with van der Waals surface area (Å²) in [5, 5.41) is 7.40. The molecule has 0 N–H and O–H groups in total. The van der Waals surface area contributed by atoms with E-state index in [0.29, 0.717) is 25.3 Å². The molecule has 0 spiro atoms. The van der Waals surface area contributed by atoms with Gasteiger partial charge in [0.15, 0.2) is 5.60 Å². The van der Waals surface area contributed by atoms with Gasteiger partial charge in [-0.1, -0.05) is 5.21 Å². The summed E-state index contributed by atoms with van der Waals surface area (Å²) in [5.41, 5.74) is -0.405. The summed E-state index contributed by atoms with van der Waals surface area (Å²) in [4.78, 5) is 12.2. The number of nitrogens with zero attached hydrogens (tertiary/aromatic N) is 3. The van der Waals surface area contributed by atoms with Gasteiger partial charge in [0.05, 0.1) is 19.4 Å². The van der Waals surface area contributed by atoms with Crippen LogP contribution in [0.15, 0.2) is 6.20 Å². The number of aromatic nitrogens is 3. The standard InChI is InChI=1S/C9H13N3O3/c1-12-7(5-10-11-12)8(13)9(14-2)3-4-15-6-9/h5H,3-4,6H2,1-2H3. The third-order valence-corrected chi connectivity index (χ3v) is 2.74. The van der Waals surface area contributed by atoms with Crippen molar-refractivity contribution in [1.29, 1.82) is 0 Å². The second-order valence-corrected chi connectivity index (χ2v) is 3.57. The van der Waals surface area contributed by atoms with Crippen molar-refractivity contribution in [2.75, 3.05) is 20.3 Å². The minimum Gasteiger partial charge on any atom is -0.378 e. The molecule has 0 bridgehead atoms. The molecule has 0 radical (unpaired) electrons. The van der Waals surface area contributed by atoms with Crippen molar-refractivity contribution in [2.45, 2.75) is 12.0 Å². The molecule has 15 heavy (non-hydrogen) atoms. The first-order valence-electron chi connectivity index (χ1n) is 4.72. The zero-order valence-corrected chi connectivity index (χ0v) is 8.77. The molecule has 2 heterocycles. The predicted molar refractivity (Wildman–Crippen MR) is 50.5 cm³/mol. The van der Waals surface area contributed by atoms with Crippen LogP contribution in [0.25, 0.3) is 0 Å². The summed E-state index contributed by atoms with van der Waals surface area (Å²) < 4.78 is 12.0. The number of hydrogen-bond donors (Lipinski definition) is 0. The average Bonchev–Trinajstić information content (AvgIpc) is 2.86. The van der Waals surface area contributed by atoms with Crippen LogP contribution in [-0.4, -0.2) is 46.7 Å². The Balaban J connectivity index is 2.30. The van der Waals surface area contributed by atoms with E-state index in [2.05, 4.69) is 10.3 Å². The molecule has 1 saturated heterocycles. The Kier molecular flexibility index (Phi) is 2.54. The Labute approximate surface area is 87.2 Å². The fraction of sp³-hybridized carbons (Fsp3) is 0.667. The summed E-state index contributed by atoms with van der Waals surface area (Å²) >= 11 is 0. The van der Waals surface area contributed by atoms with Gasteiger partial charge >= 0.3 is 0 Å². The number of ketones is 1.